The van der Waals surface area contributed by atoms with Gasteiger partial charge in [-0.3, -0.25) is 14.5 Å². The minimum Gasteiger partial charge on any atom is -0.495 e. The number of methoxy groups -OCH3 is 1. The molecule has 0 bridgehead atoms. The van der Waals surface area contributed by atoms with Crippen molar-refractivity contribution < 1.29 is 18.7 Å². The van der Waals surface area contributed by atoms with Crippen molar-refractivity contribution in [3.63, 3.8) is 0 Å². The molecule has 29 heavy (non-hydrogen) atoms. The quantitative estimate of drug-likeness (QED) is 0.781. The van der Waals surface area contributed by atoms with Crippen molar-refractivity contribution in [2.75, 3.05) is 37.4 Å². The molecule has 1 saturated heterocycles. The molecule has 0 unspecified atom stereocenters. The number of piperidine rings is 1. The van der Waals surface area contributed by atoms with Gasteiger partial charge >= 0.3 is 0 Å². The fourth-order valence-corrected chi connectivity index (χ4v) is 3.41. The van der Waals surface area contributed by atoms with E-state index in [9.17, 15) is 14.0 Å². The highest BCUT2D eigenvalue weighted by Crippen LogP contribution is 2.25. The lowest BCUT2D eigenvalue weighted by Gasteiger charge is -2.30. The fraction of sp³-hybridized carbons (Fsp3) is 0.364. The average molecular weight is 399 g/mol. The molecule has 0 saturated carbocycles. The van der Waals surface area contributed by atoms with Crippen LogP contribution in [0.3, 0.4) is 0 Å². The van der Waals surface area contributed by atoms with Crippen LogP contribution in [0.15, 0.2) is 42.5 Å². The second-order valence-electron chi connectivity index (χ2n) is 7.25. The molecule has 2 amide bonds. The number of amides is 2. The first-order valence-electron chi connectivity index (χ1n) is 9.68. The standard InChI is InChI=1S/C22H26FN3O3/c1-15-7-8-17(13-18(15)23)24-21(27)14-26-11-9-16(10-12-26)22(28)25-19-5-3-4-6-20(19)29-2/h3-8,13,16H,9-12,14H2,1-2H3,(H,24,27)(H,25,28). The molecule has 0 aromatic heterocycles. The third kappa shape index (κ3) is 5.54. The van der Waals surface area contributed by atoms with E-state index in [1.54, 1.807) is 32.2 Å². The fourth-order valence-electron chi connectivity index (χ4n) is 3.41. The van der Waals surface area contributed by atoms with Crippen LogP contribution in [0.1, 0.15) is 18.4 Å². The second kappa shape index (κ2) is 9.52. The van der Waals surface area contributed by atoms with Crippen LogP contribution in [0.25, 0.3) is 0 Å². The summed E-state index contributed by atoms with van der Waals surface area (Å²) in [6, 6.07) is 12.0. The summed E-state index contributed by atoms with van der Waals surface area (Å²) < 4.78 is 18.9. The van der Waals surface area contributed by atoms with Gasteiger partial charge in [0.05, 0.1) is 19.3 Å². The van der Waals surface area contributed by atoms with Crippen LogP contribution < -0.4 is 15.4 Å². The molecule has 0 aliphatic carbocycles. The van der Waals surface area contributed by atoms with Crippen molar-refractivity contribution >= 4 is 23.2 Å². The number of nitrogens with one attached hydrogen (secondary N) is 2. The number of nitrogens with zero attached hydrogens (tertiary/aromatic N) is 1. The third-order valence-corrected chi connectivity index (χ3v) is 5.15. The highest BCUT2D eigenvalue weighted by Gasteiger charge is 2.26. The molecule has 1 aliphatic rings. The minimum absolute atomic E-state index is 0.0336. The summed E-state index contributed by atoms with van der Waals surface area (Å²) in [6.07, 6.45) is 1.35. The molecule has 6 nitrogen and oxygen atoms in total. The Morgan fingerprint density at radius 1 is 1.14 bits per heavy atom. The van der Waals surface area contributed by atoms with E-state index in [2.05, 4.69) is 10.6 Å². The molecule has 0 atom stereocenters. The topological polar surface area (TPSA) is 70.7 Å². The van der Waals surface area contributed by atoms with Gasteiger partial charge in [-0.25, -0.2) is 4.39 Å². The van der Waals surface area contributed by atoms with Crippen LogP contribution in [0.4, 0.5) is 15.8 Å². The van der Waals surface area contributed by atoms with Crippen LogP contribution in [-0.4, -0.2) is 43.5 Å². The van der Waals surface area contributed by atoms with E-state index in [0.29, 0.717) is 48.6 Å². The second-order valence-corrected chi connectivity index (χ2v) is 7.25. The minimum atomic E-state index is -0.343. The number of halogens is 1. The maximum absolute atomic E-state index is 13.6. The van der Waals surface area contributed by atoms with Crippen molar-refractivity contribution in [3.05, 3.63) is 53.8 Å². The van der Waals surface area contributed by atoms with Crippen LogP contribution in [0.2, 0.25) is 0 Å². The Hall–Kier alpha value is -2.93. The molecule has 0 spiro atoms. The molecule has 2 N–H and O–H groups in total. The van der Waals surface area contributed by atoms with Gasteiger partial charge in [0.25, 0.3) is 0 Å². The zero-order chi connectivity index (χ0) is 20.8. The number of likely N-dealkylation sites (tertiary alicyclic amines) is 1. The number of carbonyl (C=O) groups is 2. The smallest absolute Gasteiger partial charge is 0.238 e. The number of rotatable bonds is 6. The van der Waals surface area contributed by atoms with Gasteiger partial charge in [-0.2, -0.15) is 0 Å². The van der Waals surface area contributed by atoms with Crippen LogP contribution in [0.5, 0.6) is 5.75 Å². The first-order valence-corrected chi connectivity index (χ1v) is 9.68. The van der Waals surface area contributed by atoms with Crippen molar-refractivity contribution in [3.8, 4) is 5.75 Å². The number of hydrogen-bond acceptors (Lipinski definition) is 4. The van der Waals surface area contributed by atoms with E-state index >= 15 is 0 Å². The van der Waals surface area contributed by atoms with Gasteiger partial charge < -0.3 is 15.4 Å². The Morgan fingerprint density at radius 3 is 2.55 bits per heavy atom. The maximum Gasteiger partial charge on any atom is 0.238 e. The number of hydrogen-bond donors (Lipinski definition) is 2. The SMILES string of the molecule is COc1ccccc1NC(=O)C1CCN(CC(=O)Nc2ccc(C)c(F)c2)CC1. The molecule has 7 heteroatoms. The summed E-state index contributed by atoms with van der Waals surface area (Å²) in [7, 11) is 1.57. The van der Waals surface area contributed by atoms with E-state index in [0.717, 1.165) is 0 Å². The van der Waals surface area contributed by atoms with Gasteiger partial charge in [0.15, 0.2) is 0 Å². The Morgan fingerprint density at radius 2 is 1.86 bits per heavy atom. The highest BCUT2D eigenvalue weighted by molar-refractivity contribution is 5.94. The molecule has 2 aromatic rings. The van der Waals surface area contributed by atoms with Crippen molar-refractivity contribution in [1.29, 1.82) is 0 Å². The summed E-state index contributed by atoms with van der Waals surface area (Å²) in [4.78, 5) is 26.8. The molecule has 0 radical (unpaired) electrons. The molecular formula is C22H26FN3O3. The Kier molecular flexibility index (Phi) is 6.82. The van der Waals surface area contributed by atoms with E-state index in [1.165, 1.54) is 6.07 Å². The molecule has 3 rings (SSSR count). The maximum atomic E-state index is 13.6. The van der Waals surface area contributed by atoms with Crippen molar-refractivity contribution in [2.24, 2.45) is 5.92 Å². The highest BCUT2D eigenvalue weighted by atomic mass is 19.1. The Labute approximate surface area is 170 Å². The molecule has 1 aliphatic heterocycles. The molecule has 1 heterocycles. The molecular weight excluding hydrogens is 373 g/mol. The van der Waals surface area contributed by atoms with Gasteiger partial charge in [0.2, 0.25) is 11.8 Å². The van der Waals surface area contributed by atoms with Gasteiger partial charge in [-0.15, -0.1) is 0 Å². The summed E-state index contributed by atoms with van der Waals surface area (Å²) in [5, 5.41) is 5.65. The van der Waals surface area contributed by atoms with E-state index in [4.69, 9.17) is 4.74 Å². The van der Waals surface area contributed by atoms with Gasteiger partial charge in [-0.1, -0.05) is 18.2 Å². The lowest BCUT2D eigenvalue weighted by Crippen LogP contribution is -2.41. The van der Waals surface area contributed by atoms with Crippen LogP contribution in [-0.2, 0) is 9.59 Å². The first-order chi connectivity index (χ1) is 14.0. The lowest BCUT2D eigenvalue weighted by atomic mass is 9.95. The molecule has 154 valence electrons. The number of carbonyl (C=O) groups excluding carboxylic acids is 2. The van der Waals surface area contributed by atoms with Gasteiger partial charge in [0, 0.05) is 11.6 Å². The predicted octanol–water partition coefficient (Wildman–Crippen LogP) is 3.43. The zero-order valence-electron chi connectivity index (χ0n) is 16.7. The summed E-state index contributed by atoms with van der Waals surface area (Å²) in [5.41, 5.74) is 1.65. The van der Waals surface area contributed by atoms with E-state index in [1.807, 2.05) is 23.1 Å². The molecule has 1 fully saturated rings. The Balaban J connectivity index is 1.46. The average Bonchev–Trinajstić information content (AvgIpc) is 2.71. The number of ether oxygens (including phenoxy) is 1. The number of aryl methyl sites for hydroxylation is 1. The van der Waals surface area contributed by atoms with Crippen molar-refractivity contribution in [2.45, 2.75) is 19.8 Å². The number of para-hydroxylation sites is 2. The summed E-state index contributed by atoms with van der Waals surface area (Å²) >= 11 is 0. The van der Waals surface area contributed by atoms with Crippen LogP contribution in [0, 0.1) is 18.7 Å². The zero-order valence-corrected chi connectivity index (χ0v) is 16.7. The summed E-state index contributed by atoms with van der Waals surface area (Å²) in [5.74, 6) is -0.0449. The van der Waals surface area contributed by atoms with Crippen molar-refractivity contribution in [1.82, 2.24) is 4.90 Å². The van der Waals surface area contributed by atoms with Gasteiger partial charge in [0.1, 0.15) is 11.6 Å². The predicted molar refractivity (Wildman–Crippen MR) is 111 cm³/mol. The normalized spacial score (nSPS) is 15.0. The van der Waals surface area contributed by atoms with Crippen LogP contribution >= 0.6 is 0 Å². The monoisotopic (exact) mass is 399 g/mol. The number of benzene rings is 2. The van der Waals surface area contributed by atoms with E-state index < -0.39 is 0 Å². The first kappa shape index (κ1) is 20.8. The third-order valence-electron chi connectivity index (χ3n) is 5.15. The van der Waals surface area contributed by atoms with E-state index in [-0.39, 0.29) is 30.1 Å². The van der Waals surface area contributed by atoms with Gasteiger partial charge in [-0.05, 0) is 62.7 Å². The largest absolute Gasteiger partial charge is 0.495 e. The number of anilines is 2. The summed E-state index contributed by atoms with van der Waals surface area (Å²) in [6.45, 7) is 3.20. The Bertz CT molecular complexity index is 879. The lowest BCUT2D eigenvalue weighted by molar-refractivity contribution is -0.121. The molecule has 2 aromatic carbocycles.